The molecule has 0 atom stereocenters. The van der Waals surface area contributed by atoms with Crippen molar-refractivity contribution in [3.05, 3.63) is 12.3 Å². The fourth-order valence-corrected chi connectivity index (χ4v) is 1.14. The van der Waals surface area contributed by atoms with E-state index in [2.05, 4.69) is 24.5 Å². The number of nitrogens with two attached hydrogens (primary N) is 1. The van der Waals surface area contributed by atoms with Crippen molar-refractivity contribution in [1.29, 1.82) is 0 Å². The lowest BCUT2D eigenvalue weighted by Crippen LogP contribution is -2.11. The minimum atomic E-state index is 0.775. The van der Waals surface area contributed by atoms with E-state index < -0.39 is 0 Å². The van der Waals surface area contributed by atoms with Gasteiger partial charge in [-0.2, -0.15) is 0 Å². The molecule has 0 aromatic carbocycles. The molecule has 78 valence electrons. The number of hydrogen-bond donors (Lipinski definition) is 2. The zero-order valence-electron chi connectivity index (χ0n) is 8.89. The predicted molar refractivity (Wildman–Crippen MR) is 59.6 cm³/mol. The Kier molecular flexibility index (Phi) is 11.1. The first-order valence-corrected chi connectivity index (χ1v) is 5.50. The summed E-state index contributed by atoms with van der Waals surface area (Å²) < 4.78 is 0. The van der Waals surface area contributed by atoms with Crippen molar-refractivity contribution in [1.82, 2.24) is 5.32 Å². The first-order valence-electron chi connectivity index (χ1n) is 5.50. The molecule has 0 fully saturated rings. The van der Waals surface area contributed by atoms with E-state index in [-0.39, 0.29) is 0 Å². The largest absolute Gasteiger partial charge is 0.391 e. The van der Waals surface area contributed by atoms with Gasteiger partial charge in [-0.05, 0) is 32.0 Å². The van der Waals surface area contributed by atoms with Crippen molar-refractivity contribution >= 4 is 0 Å². The first-order chi connectivity index (χ1) is 6.41. The lowest BCUT2D eigenvalue weighted by Gasteiger charge is -1.97. The van der Waals surface area contributed by atoms with Gasteiger partial charge in [-0.3, -0.25) is 0 Å². The Bertz CT molecular complexity index is 111. The second-order valence-corrected chi connectivity index (χ2v) is 3.35. The van der Waals surface area contributed by atoms with E-state index in [0.29, 0.717) is 0 Å². The number of allylic oxidation sites excluding steroid dienone is 1. The van der Waals surface area contributed by atoms with Crippen molar-refractivity contribution in [3.63, 3.8) is 0 Å². The quantitative estimate of drug-likeness (QED) is 0.540. The summed E-state index contributed by atoms with van der Waals surface area (Å²) in [5.74, 6) is 0. The highest BCUT2D eigenvalue weighted by atomic mass is 14.8. The van der Waals surface area contributed by atoms with E-state index in [1.807, 2.05) is 0 Å². The number of rotatable bonds is 9. The molecule has 0 radical (unpaired) electrons. The Balaban J connectivity index is 2.95. The van der Waals surface area contributed by atoms with Crippen LogP contribution in [0.2, 0.25) is 0 Å². The van der Waals surface area contributed by atoms with E-state index in [4.69, 9.17) is 5.73 Å². The van der Waals surface area contributed by atoms with Crippen LogP contribution >= 0.6 is 0 Å². The van der Waals surface area contributed by atoms with Crippen LogP contribution in [0.3, 0.4) is 0 Å². The molecular weight excluding hydrogens is 160 g/mol. The SMILES string of the molecule is CCCCCCC=CNCCCN. The molecule has 0 aromatic rings. The average molecular weight is 184 g/mol. The fourth-order valence-electron chi connectivity index (χ4n) is 1.14. The highest BCUT2D eigenvalue weighted by molar-refractivity contribution is 4.78. The van der Waals surface area contributed by atoms with E-state index in [0.717, 1.165) is 19.5 Å². The maximum Gasteiger partial charge on any atom is 0.0153 e. The van der Waals surface area contributed by atoms with Crippen LogP contribution in [-0.2, 0) is 0 Å². The molecule has 0 amide bonds. The van der Waals surface area contributed by atoms with E-state index in [1.165, 1.54) is 32.1 Å². The van der Waals surface area contributed by atoms with E-state index >= 15 is 0 Å². The summed E-state index contributed by atoms with van der Waals surface area (Å²) in [6.07, 6.45) is 11.9. The minimum absolute atomic E-state index is 0.775. The standard InChI is InChI=1S/C11H24N2/c1-2-3-4-5-6-7-10-13-11-8-9-12/h7,10,13H,2-6,8-9,11-12H2,1H3. The summed E-state index contributed by atoms with van der Waals surface area (Å²) in [5, 5.41) is 3.22. The van der Waals surface area contributed by atoms with Gasteiger partial charge in [-0.25, -0.2) is 0 Å². The van der Waals surface area contributed by atoms with Gasteiger partial charge in [-0.15, -0.1) is 0 Å². The van der Waals surface area contributed by atoms with Gasteiger partial charge in [0.2, 0.25) is 0 Å². The van der Waals surface area contributed by atoms with Gasteiger partial charge in [0.1, 0.15) is 0 Å². The molecule has 0 heterocycles. The van der Waals surface area contributed by atoms with Gasteiger partial charge >= 0.3 is 0 Å². The highest BCUT2D eigenvalue weighted by Gasteiger charge is 1.84. The molecule has 2 heteroatoms. The van der Waals surface area contributed by atoms with Crippen LogP contribution in [0.15, 0.2) is 12.3 Å². The third-order valence-electron chi connectivity index (χ3n) is 1.99. The van der Waals surface area contributed by atoms with Crippen LogP contribution in [0.4, 0.5) is 0 Å². The van der Waals surface area contributed by atoms with Crippen molar-refractivity contribution in [2.24, 2.45) is 5.73 Å². The molecule has 0 aliphatic carbocycles. The maximum absolute atomic E-state index is 5.36. The van der Waals surface area contributed by atoms with Gasteiger partial charge < -0.3 is 11.1 Å². The third kappa shape index (κ3) is 11.5. The van der Waals surface area contributed by atoms with E-state index in [1.54, 1.807) is 0 Å². The van der Waals surface area contributed by atoms with Crippen LogP contribution < -0.4 is 11.1 Å². The summed E-state index contributed by atoms with van der Waals surface area (Å²) in [4.78, 5) is 0. The smallest absolute Gasteiger partial charge is 0.0153 e. The molecule has 0 aliphatic rings. The van der Waals surface area contributed by atoms with Crippen molar-refractivity contribution in [2.75, 3.05) is 13.1 Å². The molecule has 0 unspecified atom stereocenters. The van der Waals surface area contributed by atoms with Gasteiger partial charge in [-0.1, -0.05) is 32.3 Å². The van der Waals surface area contributed by atoms with Crippen molar-refractivity contribution < 1.29 is 0 Å². The normalized spacial score (nSPS) is 10.9. The summed E-state index contributed by atoms with van der Waals surface area (Å²) in [7, 11) is 0. The molecule has 0 spiro atoms. The zero-order valence-corrected chi connectivity index (χ0v) is 8.89. The van der Waals surface area contributed by atoms with Crippen LogP contribution in [0.1, 0.15) is 45.4 Å². The van der Waals surface area contributed by atoms with Crippen LogP contribution in [-0.4, -0.2) is 13.1 Å². The lowest BCUT2D eigenvalue weighted by atomic mass is 10.1. The molecule has 13 heavy (non-hydrogen) atoms. The number of unbranched alkanes of at least 4 members (excludes halogenated alkanes) is 4. The minimum Gasteiger partial charge on any atom is -0.391 e. The van der Waals surface area contributed by atoms with Gasteiger partial charge in [0.15, 0.2) is 0 Å². The summed E-state index contributed by atoms with van der Waals surface area (Å²) in [6, 6.07) is 0. The second-order valence-electron chi connectivity index (χ2n) is 3.35. The third-order valence-corrected chi connectivity index (χ3v) is 1.99. The fraction of sp³-hybridized carbons (Fsp3) is 0.818. The molecule has 3 N–H and O–H groups in total. The van der Waals surface area contributed by atoms with Gasteiger partial charge in [0.25, 0.3) is 0 Å². The predicted octanol–water partition coefficient (Wildman–Crippen LogP) is 2.41. The second kappa shape index (κ2) is 11.5. The summed E-state index contributed by atoms with van der Waals surface area (Å²) in [6.45, 7) is 4.02. The van der Waals surface area contributed by atoms with Gasteiger partial charge in [0, 0.05) is 6.54 Å². The Morgan fingerprint density at radius 2 is 2.00 bits per heavy atom. The average Bonchev–Trinajstić information content (AvgIpc) is 2.16. The Hall–Kier alpha value is -0.500. The summed E-state index contributed by atoms with van der Waals surface area (Å²) >= 11 is 0. The number of hydrogen-bond acceptors (Lipinski definition) is 2. The van der Waals surface area contributed by atoms with Crippen molar-refractivity contribution in [3.8, 4) is 0 Å². The molecule has 0 saturated carbocycles. The molecule has 0 saturated heterocycles. The topological polar surface area (TPSA) is 38.0 Å². The molecule has 0 aromatic heterocycles. The Labute approximate surface area is 82.6 Å². The maximum atomic E-state index is 5.36. The summed E-state index contributed by atoms with van der Waals surface area (Å²) in [5.41, 5.74) is 5.36. The molecule has 2 nitrogen and oxygen atoms in total. The monoisotopic (exact) mass is 184 g/mol. The van der Waals surface area contributed by atoms with Crippen LogP contribution in [0.25, 0.3) is 0 Å². The first kappa shape index (κ1) is 12.5. The molecule has 0 aliphatic heterocycles. The lowest BCUT2D eigenvalue weighted by molar-refractivity contribution is 0.672. The van der Waals surface area contributed by atoms with Gasteiger partial charge in [0.05, 0.1) is 0 Å². The molecule has 0 rings (SSSR count). The van der Waals surface area contributed by atoms with E-state index in [9.17, 15) is 0 Å². The van der Waals surface area contributed by atoms with Crippen molar-refractivity contribution in [2.45, 2.75) is 45.4 Å². The molecule has 0 bridgehead atoms. The highest BCUT2D eigenvalue weighted by Crippen LogP contribution is 2.02. The number of nitrogens with one attached hydrogen (secondary N) is 1. The van der Waals surface area contributed by atoms with Crippen LogP contribution in [0.5, 0.6) is 0 Å². The van der Waals surface area contributed by atoms with Crippen LogP contribution in [0, 0.1) is 0 Å². The Morgan fingerprint density at radius 3 is 2.69 bits per heavy atom. The zero-order chi connectivity index (χ0) is 9.78. The molecular formula is C11H24N2. The Morgan fingerprint density at radius 1 is 1.15 bits per heavy atom.